The minimum atomic E-state index is -0.241. The molecular weight excluding hydrogens is 608 g/mol. The summed E-state index contributed by atoms with van der Waals surface area (Å²) in [6.07, 6.45) is 3.27. The second-order valence-electron chi connectivity index (χ2n) is 9.77. The lowest BCUT2D eigenvalue weighted by molar-refractivity contribution is 0.101. The molecule has 43 heavy (non-hydrogen) atoms. The van der Waals surface area contributed by atoms with Crippen LogP contribution in [0.25, 0.3) is 11.4 Å². The highest BCUT2D eigenvalue weighted by Gasteiger charge is 2.20. The van der Waals surface area contributed by atoms with Gasteiger partial charge in [0, 0.05) is 16.4 Å². The maximum absolute atomic E-state index is 13.9. The molecule has 0 unspecified atom stereocenters. The molecular formula is C33H33BrN6O3. The first kappa shape index (κ1) is 29.8. The van der Waals surface area contributed by atoms with Crippen LogP contribution in [0.4, 0.5) is 17.3 Å². The maximum atomic E-state index is 13.9. The van der Waals surface area contributed by atoms with Gasteiger partial charge in [-0.2, -0.15) is 5.10 Å². The third-order valence-corrected chi connectivity index (χ3v) is 7.56. The van der Waals surface area contributed by atoms with Crippen LogP contribution in [-0.2, 0) is 19.4 Å². The van der Waals surface area contributed by atoms with Crippen molar-refractivity contribution in [2.75, 3.05) is 24.9 Å². The summed E-state index contributed by atoms with van der Waals surface area (Å²) >= 11 is 3.46. The quantitative estimate of drug-likeness (QED) is 0.156. The number of carbonyl (C=O) groups is 1. The Morgan fingerprint density at radius 3 is 2.33 bits per heavy atom. The van der Waals surface area contributed by atoms with Crippen LogP contribution in [0.3, 0.4) is 0 Å². The molecule has 2 N–H and O–H groups in total. The highest BCUT2D eigenvalue weighted by molar-refractivity contribution is 9.10. The van der Waals surface area contributed by atoms with E-state index >= 15 is 0 Å². The number of amides is 1. The van der Waals surface area contributed by atoms with Gasteiger partial charge in [-0.15, -0.1) is 0 Å². The summed E-state index contributed by atoms with van der Waals surface area (Å²) in [4.78, 5) is 22.9. The number of hydrogen-bond acceptors (Lipinski definition) is 7. The Morgan fingerprint density at radius 1 is 0.907 bits per heavy atom. The topological polar surface area (TPSA) is 103 Å². The number of halogens is 1. The summed E-state index contributed by atoms with van der Waals surface area (Å²) in [6.45, 7) is 4.55. The number of nitrogens with zero attached hydrogens (tertiary/aromatic N) is 4. The fourth-order valence-electron chi connectivity index (χ4n) is 4.78. The van der Waals surface area contributed by atoms with Gasteiger partial charge in [0.2, 0.25) is 5.95 Å². The second kappa shape index (κ2) is 13.5. The van der Waals surface area contributed by atoms with Crippen molar-refractivity contribution in [3.8, 4) is 22.9 Å². The SMILES string of the molecule is CCc1cccc(CC)c1NC(=O)c1cc(-c2ccnc(Nc3ccc(Br)cc3OC)n2)nn1Cc1ccc(OC)cc1. The molecule has 0 fully saturated rings. The summed E-state index contributed by atoms with van der Waals surface area (Å²) in [7, 11) is 3.24. The molecule has 1 amide bonds. The molecule has 220 valence electrons. The summed E-state index contributed by atoms with van der Waals surface area (Å²) in [5.74, 6) is 1.53. The number of para-hydroxylation sites is 1. The number of aromatic nitrogens is 4. The normalized spacial score (nSPS) is 10.8. The molecule has 5 rings (SSSR count). The van der Waals surface area contributed by atoms with E-state index in [0.29, 0.717) is 41.0 Å². The van der Waals surface area contributed by atoms with Crippen LogP contribution in [0.5, 0.6) is 11.5 Å². The first-order valence-corrected chi connectivity index (χ1v) is 14.8. The molecule has 9 nitrogen and oxygen atoms in total. The summed E-state index contributed by atoms with van der Waals surface area (Å²) in [5.41, 5.74) is 6.25. The Kier molecular flexibility index (Phi) is 9.36. The highest BCUT2D eigenvalue weighted by Crippen LogP contribution is 2.30. The first-order chi connectivity index (χ1) is 20.9. The Balaban J connectivity index is 1.51. The Morgan fingerprint density at radius 2 is 1.65 bits per heavy atom. The van der Waals surface area contributed by atoms with Crippen LogP contribution in [-0.4, -0.2) is 39.9 Å². The predicted octanol–water partition coefficient (Wildman–Crippen LogP) is 7.29. The summed E-state index contributed by atoms with van der Waals surface area (Å²) < 4.78 is 13.4. The van der Waals surface area contributed by atoms with Gasteiger partial charge in [0.05, 0.1) is 32.1 Å². The molecule has 0 radical (unpaired) electrons. The molecule has 2 aromatic heterocycles. The lowest BCUT2D eigenvalue weighted by atomic mass is 10.0. The molecule has 0 spiro atoms. The fourth-order valence-corrected chi connectivity index (χ4v) is 5.12. The number of methoxy groups -OCH3 is 2. The standard InChI is InChI=1S/C33H33BrN6O3/c1-5-22-8-7-9-23(6-2)31(22)38-32(41)29-19-28(39-40(29)20-21-10-13-25(42-3)14-11-21)26-16-17-35-33(36-26)37-27-15-12-24(34)18-30(27)43-4/h7-19H,5-6,20H2,1-4H3,(H,38,41)(H,35,36,37). The van der Waals surface area contributed by atoms with E-state index in [1.807, 2.05) is 60.7 Å². The van der Waals surface area contributed by atoms with E-state index in [1.165, 1.54) is 0 Å². The lowest BCUT2D eigenvalue weighted by Gasteiger charge is -2.15. The minimum Gasteiger partial charge on any atom is -0.497 e. The third kappa shape index (κ3) is 6.86. The molecule has 10 heteroatoms. The van der Waals surface area contributed by atoms with E-state index in [2.05, 4.69) is 45.4 Å². The highest BCUT2D eigenvalue weighted by atomic mass is 79.9. The van der Waals surface area contributed by atoms with Gasteiger partial charge in [-0.25, -0.2) is 9.97 Å². The zero-order valence-electron chi connectivity index (χ0n) is 24.5. The number of ether oxygens (including phenoxy) is 2. The Hall–Kier alpha value is -4.70. The largest absolute Gasteiger partial charge is 0.497 e. The van der Waals surface area contributed by atoms with Crippen LogP contribution >= 0.6 is 15.9 Å². The monoisotopic (exact) mass is 640 g/mol. The smallest absolute Gasteiger partial charge is 0.273 e. The fraction of sp³-hybridized carbons (Fsp3) is 0.212. The third-order valence-electron chi connectivity index (χ3n) is 7.07. The van der Waals surface area contributed by atoms with Crippen LogP contribution in [0, 0.1) is 0 Å². The number of nitrogens with one attached hydrogen (secondary N) is 2. The molecule has 0 atom stereocenters. The number of anilines is 3. The maximum Gasteiger partial charge on any atom is 0.273 e. The number of rotatable bonds is 11. The van der Waals surface area contributed by atoms with E-state index in [-0.39, 0.29) is 5.91 Å². The van der Waals surface area contributed by atoms with Gasteiger partial charge < -0.3 is 20.1 Å². The van der Waals surface area contributed by atoms with Crippen LogP contribution in [0.2, 0.25) is 0 Å². The Labute approximate surface area is 259 Å². The molecule has 2 heterocycles. The number of hydrogen-bond donors (Lipinski definition) is 2. The van der Waals surface area contributed by atoms with Crippen LogP contribution in [0.1, 0.15) is 41.0 Å². The summed E-state index contributed by atoms with van der Waals surface area (Å²) in [5, 5.41) is 11.2. The van der Waals surface area contributed by atoms with Crippen molar-refractivity contribution >= 4 is 39.2 Å². The summed E-state index contributed by atoms with van der Waals surface area (Å²) in [6, 6.07) is 23.0. The number of benzene rings is 3. The van der Waals surface area contributed by atoms with Crippen molar-refractivity contribution in [2.45, 2.75) is 33.2 Å². The van der Waals surface area contributed by atoms with Crippen molar-refractivity contribution < 1.29 is 14.3 Å². The molecule has 0 aliphatic heterocycles. The number of carbonyl (C=O) groups excluding carboxylic acids is 1. The second-order valence-corrected chi connectivity index (χ2v) is 10.7. The van der Waals surface area contributed by atoms with Gasteiger partial charge in [0.25, 0.3) is 5.91 Å². The molecule has 3 aromatic carbocycles. The van der Waals surface area contributed by atoms with E-state index < -0.39 is 0 Å². The average Bonchev–Trinajstić information content (AvgIpc) is 3.46. The van der Waals surface area contributed by atoms with E-state index in [0.717, 1.165) is 45.4 Å². The van der Waals surface area contributed by atoms with Gasteiger partial charge in [0.1, 0.15) is 22.9 Å². The van der Waals surface area contributed by atoms with E-state index in [4.69, 9.17) is 19.6 Å². The van der Waals surface area contributed by atoms with Gasteiger partial charge in [-0.1, -0.05) is 60.1 Å². The van der Waals surface area contributed by atoms with Gasteiger partial charge in [0.15, 0.2) is 0 Å². The zero-order chi connectivity index (χ0) is 30.3. The molecule has 0 bridgehead atoms. The molecule has 0 saturated carbocycles. The van der Waals surface area contributed by atoms with Crippen molar-refractivity contribution in [2.24, 2.45) is 0 Å². The lowest BCUT2D eigenvalue weighted by Crippen LogP contribution is -2.20. The van der Waals surface area contributed by atoms with Crippen LogP contribution < -0.4 is 20.1 Å². The molecule has 0 saturated heterocycles. The minimum absolute atomic E-state index is 0.241. The van der Waals surface area contributed by atoms with Gasteiger partial charge >= 0.3 is 0 Å². The van der Waals surface area contributed by atoms with Gasteiger partial charge in [-0.3, -0.25) is 9.48 Å². The van der Waals surface area contributed by atoms with Crippen molar-refractivity contribution in [1.82, 2.24) is 19.7 Å². The molecule has 5 aromatic rings. The van der Waals surface area contributed by atoms with Crippen molar-refractivity contribution in [3.63, 3.8) is 0 Å². The predicted molar refractivity (Wildman–Crippen MR) is 172 cm³/mol. The molecule has 0 aliphatic carbocycles. The molecule has 0 aliphatic rings. The zero-order valence-corrected chi connectivity index (χ0v) is 26.1. The van der Waals surface area contributed by atoms with E-state index in [9.17, 15) is 4.79 Å². The van der Waals surface area contributed by atoms with Gasteiger partial charge in [-0.05, 0) is 72.0 Å². The van der Waals surface area contributed by atoms with E-state index in [1.54, 1.807) is 37.2 Å². The average molecular weight is 642 g/mol. The van der Waals surface area contributed by atoms with Crippen LogP contribution in [0.15, 0.2) is 83.5 Å². The first-order valence-electron chi connectivity index (χ1n) is 14.0. The van der Waals surface area contributed by atoms with Crippen molar-refractivity contribution in [1.29, 1.82) is 0 Å². The number of aryl methyl sites for hydroxylation is 2. The van der Waals surface area contributed by atoms with Crippen molar-refractivity contribution in [3.05, 3.63) is 106 Å². The Bertz CT molecular complexity index is 1710.